The van der Waals surface area contributed by atoms with Gasteiger partial charge < -0.3 is 28.4 Å². The quantitative estimate of drug-likeness (QED) is 0.211. The molecule has 0 heterocycles. The highest BCUT2D eigenvalue weighted by Crippen LogP contribution is 2.04. The zero-order chi connectivity index (χ0) is 20.4. The monoisotopic (exact) mass is 406 g/mol. The van der Waals surface area contributed by atoms with Crippen molar-refractivity contribution in [3.8, 4) is 0 Å². The van der Waals surface area contributed by atoms with E-state index >= 15 is 0 Å². The lowest BCUT2D eigenvalue weighted by Gasteiger charge is -2.08. The van der Waals surface area contributed by atoms with Gasteiger partial charge in [-0.2, -0.15) is 0 Å². The normalized spacial score (nSPS) is 11.4. The molecule has 0 unspecified atom stereocenters. The van der Waals surface area contributed by atoms with Crippen molar-refractivity contribution in [3.63, 3.8) is 0 Å². The summed E-state index contributed by atoms with van der Waals surface area (Å²) in [5.41, 5.74) is 0. The standard InChI is InChI=1S/C22H46O6/c1-3-5-7-8-9-10-12-24-14-16-26-18-20-28-22-21-27-19-17-25-15-13-23-11-6-4-2/h3-22H2,1-2H3. The second-order valence-electron chi connectivity index (χ2n) is 6.80. The van der Waals surface area contributed by atoms with E-state index in [0.717, 1.165) is 32.5 Å². The molecule has 0 saturated carbocycles. The largest absolute Gasteiger partial charge is 0.379 e. The van der Waals surface area contributed by atoms with Gasteiger partial charge in [-0.25, -0.2) is 0 Å². The minimum Gasteiger partial charge on any atom is -0.379 e. The Morgan fingerprint density at radius 1 is 0.286 bits per heavy atom. The third-order valence-corrected chi connectivity index (χ3v) is 4.14. The zero-order valence-corrected chi connectivity index (χ0v) is 18.6. The molecule has 0 bridgehead atoms. The summed E-state index contributed by atoms with van der Waals surface area (Å²) in [4.78, 5) is 0. The highest BCUT2D eigenvalue weighted by Gasteiger charge is 1.95. The molecule has 0 aromatic heterocycles. The Balaban J connectivity index is 2.96. The van der Waals surface area contributed by atoms with E-state index in [1.165, 1.54) is 32.1 Å². The third-order valence-electron chi connectivity index (χ3n) is 4.14. The molecule has 0 atom stereocenters. The maximum absolute atomic E-state index is 5.56. The van der Waals surface area contributed by atoms with Gasteiger partial charge >= 0.3 is 0 Å². The maximum Gasteiger partial charge on any atom is 0.0701 e. The first-order chi connectivity index (χ1) is 13.9. The van der Waals surface area contributed by atoms with Crippen molar-refractivity contribution in [2.45, 2.75) is 65.2 Å². The van der Waals surface area contributed by atoms with Gasteiger partial charge in [-0.15, -0.1) is 0 Å². The Bertz CT molecular complexity index is 239. The Labute approximate surface area is 173 Å². The fraction of sp³-hybridized carbons (Fsp3) is 1.00. The molecule has 0 spiro atoms. The minimum absolute atomic E-state index is 0.581. The lowest BCUT2D eigenvalue weighted by molar-refractivity contribution is -0.0169. The van der Waals surface area contributed by atoms with Crippen LogP contribution in [0.5, 0.6) is 0 Å². The molecular weight excluding hydrogens is 360 g/mol. The first-order valence-corrected chi connectivity index (χ1v) is 11.4. The van der Waals surface area contributed by atoms with Gasteiger partial charge in [0.25, 0.3) is 0 Å². The van der Waals surface area contributed by atoms with Crippen LogP contribution in [0.2, 0.25) is 0 Å². The summed E-state index contributed by atoms with van der Waals surface area (Å²) in [6.45, 7) is 12.2. The molecule has 0 aromatic rings. The molecule has 0 aliphatic heterocycles. The molecule has 0 radical (unpaired) electrons. The summed E-state index contributed by atoms with van der Waals surface area (Å²) in [7, 11) is 0. The molecule has 6 heteroatoms. The molecule has 170 valence electrons. The smallest absolute Gasteiger partial charge is 0.0701 e. The Morgan fingerprint density at radius 3 is 0.964 bits per heavy atom. The maximum atomic E-state index is 5.56. The molecule has 0 amide bonds. The van der Waals surface area contributed by atoms with Gasteiger partial charge in [0.15, 0.2) is 0 Å². The van der Waals surface area contributed by atoms with E-state index in [1.54, 1.807) is 0 Å². The van der Waals surface area contributed by atoms with Crippen molar-refractivity contribution in [1.29, 1.82) is 0 Å². The van der Waals surface area contributed by atoms with E-state index in [0.29, 0.717) is 66.1 Å². The minimum atomic E-state index is 0.581. The fourth-order valence-corrected chi connectivity index (χ4v) is 2.43. The van der Waals surface area contributed by atoms with Crippen LogP contribution in [0.1, 0.15) is 65.2 Å². The number of hydrogen-bond donors (Lipinski definition) is 0. The first kappa shape index (κ1) is 27.8. The van der Waals surface area contributed by atoms with E-state index in [9.17, 15) is 0 Å². The van der Waals surface area contributed by atoms with E-state index in [2.05, 4.69) is 13.8 Å². The van der Waals surface area contributed by atoms with Crippen LogP contribution >= 0.6 is 0 Å². The number of hydrogen-bond acceptors (Lipinski definition) is 6. The highest BCUT2D eigenvalue weighted by molar-refractivity contribution is 4.43. The van der Waals surface area contributed by atoms with Crippen molar-refractivity contribution in [3.05, 3.63) is 0 Å². The fourth-order valence-electron chi connectivity index (χ4n) is 2.43. The van der Waals surface area contributed by atoms with Gasteiger partial charge in [0.05, 0.1) is 66.1 Å². The average Bonchev–Trinajstić information content (AvgIpc) is 2.71. The number of unbranched alkanes of at least 4 members (excludes halogenated alkanes) is 6. The molecule has 0 aliphatic rings. The van der Waals surface area contributed by atoms with Crippen LogP contribution in [-0.2, 0) is 28.4 Å². The molecule has 0 rings (SSSR count). The molecule has 0 saturated heterocycles. The van der Waals surface area contributed by atoms with Crippen LogP contribution in [0.3, 0.4) is 0 Å². The summed E-state index contributed by atoms with van der Waals surface area (Å²) in [5, 5.41) is 0. The van der Waals surface area contributed by atoms with E-state index in [-0.39, 0.29) is 0 Å². The summed E-state index contributed by atoms with van der Waals surface area (Å²) < 4.78 is 32.8. The van der Waals surface area contributed by atoms with E-state index in [4.69, 9.17) is 28.4 Å². The molecular formula is C22H46O6. The summed E-state index contributed by atoms with van der Waals surface area (Å²) in [6, 6.07) is 0. The molecule has 0 fully saturated rings. The zero-order valence-electron chi connectivity index (χ0n) is 18.6. The molecule has 0 aromatic carbocycles. The Morgan fingerprint density at radius 2 is 0.571 bits per heavy atom. The number of rotatable bonds is 25. The molecule has 6 nitrogen and oxygen atoms in total. The van der Waals surface area contributed by atoms with Gasteiger partial charge in [0, 0.05) is 13.2 Å². The highest BCUT2D eigenvalue weighted by atomic mass is 16.6. The second kappa shape index (κ2) is 26.8. The molecule has 28 heavy (non-hydrogen) atoms. The SMILES string of the molecule is CCCCCCCCOCCOCCOCCOCCOCCOCCCC. The van der Waals surface area contributed by atoms with E-state index in [1.807, 2.05) is 0 Å². The molecule has 0 N–H and O–H groups in total. The van der Waals surface area contributed by atoms with Gasteiger partial charge in [-0.3, -0.25) is 0 Å². The Hall–Kier alpha value is -0.240. The predicted octanol–water partition coefficient (Wildman–Crippen LogP) is 4.25. The second-order valence-corrected chi connectivity index (χ2v) is 6.80. The van der Waals surface area contributed by atoms with Gasteiger partial charge in [0.1, 0.15) is 0 Å². The number of ether oxygens (including phenoxy) is 6. The van der Waals surface area contributed by atoms with Crippen molar-refractivity contribution >= 4 is 0 Å². The van der Waals surface area contributed by atoms with Crippen molar-refractivity contribution in [2.24, 2.45) is 0 Å². The first-order valence-electron chi connectivity index (χ1n) is 11.4. The summed E-state index contributed by atoms with van der Waals surface area (Å²) in [6.07, 6.45) is 10.0. The van der Waals surface area contributed by atoms with Crippen LogP contribution in [0, 0.1) is 0 Å². The van der Waals surface area contributed by atoms with Crippen LogP contribution in [-0.4, -0.2) is 79.3 Å². The van der Waals surface area contributed by atoms with Gasteiger partial charge in [0.2, 0.25) is 0 Å². The summed E-state index contributed by atoms with van der Waals surface area (Å²) >= 11 is 0. The molecule has 0 aliphatic carbocycles. The topological polar surface area (TPSA) is 55.4 Å². The predicted molar refractivity (Wildman–Crippen MR) is 113 cm³/mol. The van der Waals surface area contributed by atoms with Crippen LogP contribution < -0.4 is 0 Å². The van der Waals surface area contributed by atoms with E-state index < -0.39 is 0 Å². The van der Waals surface area contributed by atoms with Gasteiger partial charge in [-0.1, -0.05) is 52.4 Å². The summed E-state index contributed by atoms with van der Waals surface area (Å²) in [5.74, 6) is 0. The van der Waals surface area contributed by atoms with Crippen molar-refractivity contribution < 1.29 is 28.4 Å². The average molecular weight is 407 g/mol. The van der Waals surface area contributed by atoms with Gasteiger partial charge in [-0.05, 0) is 12.8 Å². The van der Waals surface area contributed by atoms with Crippen LogP contribution in [0.25, 0.3) is 0 Å². The van der Waals surface area contributed by atoms with Crippen LogP contribution in [0.4, 0.5) is 0 Å². The van der Waals surface area contributed by atoms with Crippen molar-refractivity contribution in [1.82, 2.24) is 0 Å². The third kappa shape index (κ3) is 25.8. The lowest BCUT2D eigenvalue weighted by atomic mass is 10.1. The van der Waals surface area contributed by atoms with Crippen molar-refractivity contribution in [2.75, 3.05) is 79.3 Å². The Kier molecular flexibility index (Phi) is 26.5. The lowest BCUT2D eigenvalue weighted by Crippen LogP contribution is -2.14. The van der Waals surface area contributed by atoms with Crippen LogP contribution in [0.15, 0.2) is 0 Å².